The molecule has 21 heavy (non-hydrogen) atoms. The fraction of sp³-hybridized carbons (Fsp3) is 1.00. The van der Waals surface area contributed by atoms with Crippen molar-refractivity contribution < 1.29 is 30.3 Å². The lowest BCUT2D eigenvalue weighted by atomic mass is 9.48. The minimum Gasteiger partial charge on any atom is -0.395 e. The molecule has 0 amide bonds. The van der Waals surface area contributed by atoms with Gasteiger partial charge in [0.1, 0.15) is 5.60 Å². The van der Waals surface area contributed by atoms with Crippen molar-refractivity contribution in [2.24, 2.45) is 17.3 Å². The van der Waals surface area contributed by atoms with Crippen LogP contribution in [0.15, 0.2) is 0 Å². The summed E-state index contributed by atoms with van der Waals surface area (Å²) in [4.78, 5) is 0. The quantitative estimate of drug-likeness (QED) is 0.426. The van der Waals surface area contributed by atoms with Gasteiger partial charge in [0, 0.05) is 5.92 Å². The molecule has 1 aliphatic heterocycles. The van der Waals surface area contributed by atoms with Crippen LogP contribution < -0.4 is 0 Å². The Morgan fingerprint density at radius 3 is 2.24 bits per heavy atom. The maximum absolute atomic E-state index is 10.9. The van der Waals surface area contributed by atoms with E-state index in [1.807, 2.05) is 6.92 Å². The van der Waals surface area contributed by atoms with Crippen LogP contribution in [0, 0.1) is 17.3 Å². The van der Waals surface area contributed by atoms with E-state index in [0.29, 0.717) is 12.8 Å². The molecule has 6 heteroatoms. The third kappa shape index (κ3) is 1.49. The molecule has 0 aromatic carbocycles. The predicted octanol–water partition coefficient (Wildman–Crippen LogP) is -0.984. The highest BCUT2D eigenvalue weighted by molar-refractivity contribution is 5.27. The third-order valence-corrected chi connectivity index (χ3v) is 6.42. The average molecular weight is 302 g/mol. The van der Waals surface area contributed by atoms with Crippen LogP contribution in [0.4, 0.5) is 0 Å². The monoisotopic (exact) mass is 302 g/mol. The zero-order valence-electron chi connectivity index (χ0n) is 12.7. The fourth-order valence-electron chi connectivity index (χ4n) is 5.42. The van der Waals surface area contributed by atoms with Gasteiger partial charge in [0.25, 0.3) is 0 Å². The summed E-state index contributed by atoms with van der Waals surface area (Å²) in [5.41, 5.74) is -3.55. The van der Waals surface area contributed by atoms with Crippen LogP contribution in [0.3, 0.4) is 0 Å². The molecule has 6 nitrogen and oxygen atoms in total. The molecule has 1 spiro atoms. The second kappa shape index (κ2) is 4.40. The van der Waals surface area contributed by atoms with Gasteiger partial charge in [0.05, 0.1) is 42.0 Å². The fourth-order valence-corrected chi connectivity index (χ4v) is 5.42. The maximum atomic E-state index is 10.9. The molecule has 1 heterocycles. The highest BCUT2D eigenvalue weighted by Crippen LogP contribution is 2.65. The molecule has 1 saturated heterocycles. The van der Waals surface area contributed by atoms with Crippen LogP contribution >= 0.6 is 0 Å². The second-order valence-electron chi connectivity index (χ2n) is 7.60. The Morgan fingerprint density at radius 2 is 1.67 bits per heavy atom. The number of fused-ring (bicyclic) bond motifs is 1. The van der Waals surface area contributed by atoms with Crippen molar-refractivity contribution in [1.82, 2.24) is 0 Å². The lowest BCUT2D eigenvalue weighted by molar-refractivity contribution is -0.310. The number of rotatable bonds is 1. The van der Waals surface area contributed by atoms with Gasteiger partial charge in [0.2, 0.25) is 0 Å². The minimum absolute atomic E-state index is 0.144. The number of ether oxygens (including phenoxy) is 1. The van der Waals surface area contributed by atoms with Crippen molar-refractivity contribution in [2.75, 3.05) is 6.61 Å². The third-order valence-electron chi connectivity index (χ3n) is 6.42. The Morgan fingerprint density at radius 1 is 1.05 bits per heavy atom. The predicted molar refractivity (Wildman–Crippen MR) is 73.3 cm³/mol. The summed E-state index contributed by atoms with van der Waals surface area (Å²) in [5, 5.41) is 52.6. The van der Waals surface area contributed by atoms with Crippen LogP contribution in [0.1, 0.15) is 33.6 Å². The van der Waals surface area contributed by atoms with Gasteiger partial charge in [-0.25, -0.2) is 0 Å². The summed E-state index contributed by atoms with van der Waals surface area (Å²) >= 11 is 0. The average Bonchev–Trinajstić information content (AvgIpc) is 2.58. The van der Waals surface area contributed by atoms with Crippen LogP contribution in [0.2, 0.25) is 0 Å². The van der Waals surface area contributed by atoms with Crippen LogP contribution in [0.5, 0.6) is 0 Å². The molecule has 5 N–H and O–H groups in total. The van der Waals surface area contributed by atoms with Gasteiger partial charge >= 0.3 is 0 Å². The highest BCUT2D eigenvalue weighted by Gasteiger charge is 2.79. The molecular formula is C15H26O6. The van der Waals surface area contributed by atoms with Gasteiger partial charge in [-0.15, -0.1) is 0 Å². The summed E-state index contributed by atoms with van der Waals surface area (Å²) in [6, 6.07) is 0. The SMILES string of the molecule is CC1CCC(O)C2(CO)C(O)C(O)C3C(O)C12OC3(C)C. The van der Waals surface area contributed by atoms with Gasteiger partial charge < -0.3 is 30.3 Å². The molecule has 0 aromatic heterocycles. The smallest absolute Gasteiger partial charge is 0.111 e. The molecule has 122 valence electrons. The molecule has 8 unspecified atom stereocenters. The summed E-state index contributed by atoms with van der Waals surface area (Å²) in [5.74, 6) is -0.797. The Kier molecular flexibility index (Phi) is 3.28. The molecule has 0 radical (unpaired) electrons. The Labute approximate surface area is 124 Å². The summed E-state index contributed by atoms with van der Waals surface area (Å²) < 4.78 is 6.20. The van der Waals surface area contributed by atoms with Crippen molar-refractivity contribution in [3.8, 4) is 0 Å². The molecule has 3 fully saturated rings. The van der Waals surface area contributed by atoms with Crippen molar-refractivity contribution in [2.45, 2.75) is 69.2 Å². The molecule has 2 bridgehead atoms. The van der Waals surface area contributed by atoms with E-state index in [4.69, 9.17) is 4.74 Å². The van der Waals surface area contributed by atoms with Gasteiger partial charge in [-0.1, -0.05) is 6.92 Å². The molecule has 3 aliphatic rings. The van der Waals surface area contributed by atoms with Crippen molar-refractivity contribution in [3.63, 3.8) is 0 Å². The molecule has 2 aliphatic carbocycles. The van der Waals surface area contributed by atoms with E-state index in [-0.39, 0.29) is 5.92 Å². The van der Waals surface area contributed by atoms with Crippen LogP contribution in [-0.4, -0.2) is 67.8 Å². The first-order chi connectivity index (χ1) is 9.66. The minimum atomic E-state index is -1.46. The zero-order chi connectivity index (χ0) is 15.8. The molecule has 3 rings (SSSR count). The summed E-state index contributed by atoms with van der Waals surface area (Å²) in [6.45, 7) is 4.90. The van der Waals surface area contributed by atoms with Gasteiger partial charge in [-0.2, -0.15) is 0 Å². The highest BCUT2D eigenvalue weighted by atomic mass is 16.6. The van der Waals surface area contributed by atoms with E-state index in [1.54, 1.807) is 13.8 Å². The lowest BCUT2D eigenvalue weighted by Gasteiger charge is -2.62. The van der Waals surface area contributed by atoms with E-state index >= 15 is 0 Å². The van der Waals surface area contributed by atoms with Gasteiger partial charge in [0.15, 0.2) is 0 Å². The first-order valence-corrected chi connectivity index (χ1v) is 7.70. The molecule has 8 atom stereocenters. The number of hydrogen-bond donors (Lipinski definition) is 5. The van der Waals surface area contributed by atoms with Gasteiger partial charge in [-0.05, 0) is 32.6 Å². The zero-order valence-corrected chi connectivity index (χ0v) is 12.7. The molecular weight excluding hydrogens is 276 g/mol. The maximum Gasteiger partial charge on any atom is 0.111 e. The van der Waals surface area contributed by atoms with E-state index in [1.165, 1.54) is 0 Å². The van der Waals surface area contributed by atoms with Crippen LogP contribution in [-0.2, 0) is 4.74 Å². The second-order valence-corrected chi connectivity index (χ2v) is 7.60. The van der Waals surface area contributed by atoms with Crippen molar-refractivity contribution in [3.05, 3.63) is 0 Å². The van der Waals surface area contributed by atoms with E-state index in [9.17, 15) is 25.5 Å². The standard InChI is InChI=1S/C15H26O6/c1-7-4-5-8(17)14(6-16)12(20)10(18)9-11(19)15(7,14)21-13(9,2)3/h7-12,16-20H,4-6H2,1-3H3. The van der Waals surface area contributed by atoms with E-state index < -0.39 is 53.6 Å². The van der Waals surface area contributed by atoms with E-state index in [2.05, 4.69) is 0 Å². The summed E-state index contributed by atoms with van der Waals surface area (Å²) in [7, 11) is 0. The Bertz CT molecular complexity index is 440. The van der Waals surface area contributed by atoms with Crippen LogP contribution in [0.25, 0.3) is 0 Å². The molecule has 2 saturated carbocycles. The largest absolute Gasteiger partial charge is 0.395 e. The number of hydrogen-bond acceptors (Lipinski definition) is 6. The summed E-state index contributed by atoms with van der Waals surface area (Å²) in [6.07, 6.45) is -3.64. The lowest BCUT2D eigenvalue weighted by Crippen LogP contribution is -2.77. The molecule has 0 aromatic rings. The number of aliphatic hydroxyl groups is 5. The first-order valence-electron chi connectivity index (χ1n) is 7.70. The number of aliphatic hydroxyl groups excluding tert-OH is 5. The first kappa shape index (κ1) is 15.6. The Hall–Kier alpha value is -0.240. The van der Waals surface area contributed by atoms with Crippen molar-refractivity contribution in [1.29, 1.82) is 0 Å². The van der Waals surface area contributed by atoms with Gasteiger partial charge in [-0.3, -0.25) is 0 Å². The topological polar surface area (TPSA) is 110 Å². The normalized spacial score (nSPS) is 58.9. The Balaban J connectivity index is 2.26. The van der Waals surface area contributed by atoms with E-state index in [0.717, 1.165) is 0 Å². The van der Waals surface area contributed by atoms with Crippen molar-refractivity contribution >= 4 is 0 Å².